The number of hydrogen-bond acceptors (Lipinski definition) is 4. The average molecular weight is 398 g/mol. The van der Waals surface area contributed by atoms with Crippen LogP contribution in [0.3, 0.4) is 0 Å². The molecule has 1 fully saturated rings. The summed E-state index contributed by atoms with van der Waals surface area (Å²) in [6, 6.07) is 18.7. The predicted molar refractivity (Wildman–Crippen MR) is 112 cm³/mol. The average Bonchev–Trinajstić information content (AvgIpc) is 2.69. The molecule has 0 aromatic heterocycles. The number of piperidine rings is 1. The van der Waals surface area contributed by atoms with Gasteiger partial charge in [0, 0.05) is 19.1 Å². The fraction of sp³-hybridized carbons (Fsp3) is 0.409. The fourth-order valence-corrected chi connectivity index (χ4v) is 4.35. The highest BCUT2D eigenvalue weighted by atomic mass is 32.2. The number of sulfonamides is 1. The van der Waals surface area contributed by atoms with Crippen molar-refractivity contribution in [1.82, 2.24) is 9.62 Å². The molecule has 0 aliphatic carbocycles. The van der Waals surface area contributed by atoms with Crippen molar-refractivity contribution >= 4 is 10.0 Å². The Morgan fingerprint density at radius 1 is 1.14 bits per heavy atom. The van der Waals surface area contributed by atoms with Gasteiger partial charge in [0.15, 0.2) is 0 Å². The highest BCUT2D eigenvalue weighted by Gasteiger charge is 2.22. The van der Waals surface area contributed by atoms with Crippen LogP contribution >= 0.6 is 0 Å². The van der Waals surface area contributed by atoms with E-state index in [1.807, 2.05) is 24.3 Å². The molecule has 1 aliphatic heterocycles. The molecule has 1 saturated heterocycles. The van der Waals surface area contributed by atoms with E-state index >= 15 is 0 Å². The second-order valence-corrected chi connectivity index (χ2v) is 9.26. The van der Waals surface area contributed by atoms with Crippen LogP contribution in [0.25, 0.3) is 11.1 Å². The Kier molecular flexibility index (Phi) is 6.84. The molecule has 0 amide bonds. The molecular formula is C22H27N3O2S. The van der Waals surface area contributed by atoms with Gasteiger partial charge in [-0.05, 0) is 48.6 Å². The van der Waals surface area contributed by atoms with E-state index in [9.17, 15) is 13.7 Å². The molecule has 0 saturated carbocycles. The summed E-state index contributed by atoms with van der Waals surface area (Å²) in [6.45, 7) is 2.40. The Morgan fingerprint density at radius 3 is 2.61 bits per heavy atom. The molecule has 3 rings (SSSR count). The van der Waals surface area contributed by atoms with Gasteiger partial charge in [0.1, 0.15) is 0 Å². The van der Waals surface area contributed by atoms with Crippen molar-refractivity contribution in [1.29, 1.82) is 5.26 Å². The molecule has 6 heteroatoms. The van der Waals surface area contributed by atoms with Gasteiger partial charge in [-0.25, -0.2) is 13.1 Å². The second kappa shape index (κ2) is 9.33. The van der Waals surface area contributed by atoms with Crippen molar-refractivity contribution in [2.45, 2.75) is 38.3 Å². The second-order valence-electron chi connectivity index (χ2n) is 7.43. The molecule has 28 heavy (non-hydrogen) atoms. The maximum absolute atomic E-state index is 11.3. The van der Waals surface area contributed by atoms with Crippen molar-refractivity contribution in [3.05, 3.63) is 59.7 Å². The minimum Gasteiger partial charge on any atom is -0.296 e. The van der Waals surface area contributed by atoms with E-state index in [1.165, 1.54) is 24.7 Å². The van der Waals surface area contributed by atoms with Gasteiger partial charge in [0.05, 0.1) is 17.9 Å². The van der Waals surface area contributed by atoms with E-state index in [0.717, 1.165) is 37.1 Å². The summed E-state index contributed by atoms with van der Waals surface area (Å²) in [5, 5.41) is 9.30. The normalized spacial score (nSPS) is 17.9. The Bertz CT molecular complexity index is 933. The van der Waals surface area contributed by atoms with Gasteiger partial charge >= 0.3 is 0 Å². The third-order valence-corrected chi connectivity index (χ3v) is 6.02. The van der Waals surface area contributed by atoms with Crippen LogP contribution in [0.1, 0.15) is 36.8 Å². The van der Waals surface area contributed by atoms with Gasteiger partial charge in [-0.2, -0.15) is 5.26 Å². The van der Waals surface area contributed by atoms with E-state index in [2.05, 4.69) is 40.0 Å². The minimum atomic E-state index is -3.13. The number of nitrogens with one attached hydrogen (secondary N) is 1. The fourth-order valence-electron chi connectivity index (χ4n) is 3.86. The first-order chi connectivity index (χ1) is 13.5. The minimum absolute atomic E-state index is 0.405. The van der Waals surface area contributed by atoms with Crippen LogP contribution in [0.15, 0.2) is 48.5 Å². The smallest absolute Gasteiger partial charge is 0.208 e. The van der Waals surface area contributed by atoms with Gasteiger partial charge < -0.3 is 0 Å². The molecule has 1 N–H and O–H groups in total. The van der Waals surface area contributed by atoms with Crippen LogP contribution in [0.2, 0.25) is 0 Å². The number of likely N-dealkylation sites (tertiary alicyclic amines) is 1. The van der Waals surface area contributed by atoms with E-state index in [1.54, 1.807) is 0 Å². The molecular weight excluding hydrogens is 370 g/mol. The first kappa shape index (κ1) is 20.5. The first-order valence-electron chi connectivity index (χ1n) is 9.73. The molecule has 5 nitrogen and oxygen atoms in total. The zero-order valence-electron chi connectivity index (χ0n) is 16.3. The number of rotatable bonds is 7. The monoisotopic (exact) mass is 397 g/mol. The van der Waals surface area contributed by atoms with E-state index in [0.29, 0.717) is 18.2 Å². The Balaban J connectivity index is 1.65. The molecule has 2 aromatic rings. The molecule has 1 heterocycles. The lowest BCUT2D eigenvalue weighted by atomic mass is 9.97. The van der Waals surface area contributed by atoms with Gasteiger partial charge in [-0.1, -0.05) is 48.9 Å². The van der Waals surface area contributed by atoms with Crippen molar-refractivity contribution in [3.63, 3.8) is 0 Å². The topological polar surface area (TPSA) is 73.2 Å². The summed E-state index contributed by atoms with van der Waals surface area (Å²) >= 11 is 0. The van der Waals surface area contributed by atoms with Crippen LogP contribution in [-0.4, -0.2) is 38.7 Å². The van der Waals surface area contributed by atoms with Crippen LogP contribution in [-0.2, 0) is 16.6 Å². The van der Waals surface area contributed by atoms with E-state index < -0.39 is 10.0 Å². The number of nitrogens with zero attached hydrogens (tertiary/aromatic N) is 2. The summed E-state index contributed by atoms with van der Waals surface area (Å²) in [4.78, 5) is 2.46. The lowest BCUT2D eigenvalue weighted by Gasteiger charge is -2.36. The molecule has 1 unspecified atom stereocenters. The SMILES string of the molecule is CS(=O)(=O)NCCC1CCCCN1Cc1ccc(-c2ccccc2C#N)cc1. The van der Waals surface area contributed by atoms with Gasteiger partial charge in [-0.3, -0.25) is 4.90 Å². The zero-order valence-corrected chi connectivity index (χ0v) is 17.1. The third kappa shape index (κ3) is 5.65. The van der Waals surface area contributed by atoms with Crippen molar-refractivity contribution in [2.24, 2.45) is 0 Å². The lowest BCUT2D eigenvalue weighted by molar-refractivity contribution is 0.133. The molecule has 148 valence electrons. The zero-order chi connectivity index (χ0) is 20.0. The molecule has 0 bridgehead atoms. The van der Waals surface area contributed by atoms with Gasteiger partial charge in [0.25, 0.3) is 0 Å². The predicted octanol–water partition coefficient (Wildman–Crippen LogP) is 3.52. The highest BCUT2D eigenvalue weighted by Crippen LogP contribution is 2.25. The third-order valence-electron chi connectivity index (χ3n) is 5.29. The largest absolute Gasteiger partial charge is 0.296 e. The summed E-state index contributed by atoms with van der Waals surface area (Å²) in [5.41, 5.74) is 3.93. The number of hydrogen-bond donors (Lipinski definition) is 1. The number of benzene rings is 2. The van der Waals surface area contributed by atoms with Crippen LogP contribution in [0.5, 0.6) is 0 Å². The standard InChI is InChI=1S/C22H27N3O2S/c1-28(26,27)24-14-13-21-7-4-5-15-25(21)17-18-9-11-19(12-10-18)22-8-3-2-6-20(22)16-23/h2-3,6,8-12,21,24H,4-5,7,13-15,17H2,1H3. The van der Waals surface area contributed by atoms with E-state index in [4.69, 9.17) is 0 Å². The molecule has 0 radical (unpaired) electrons. The van der Waals surface area contributed by atoms with Crippen molar-refractivity contribution in [3.8, 4) is 17.2 Å². The Labute approximate surface area is 168 Å². The lowest BCUT2D eigenvalue weighted by Crippen LogP contribution is -2.41. The molecule has 0 spiro atoms. The quantitative estimate of drug-likeness (QED) is 0.776. The Hall–Kier alpha value is -2.20. The van der Waals surface area contributed by atoms with Gasteiger partial charge in [0.2, 0.25) is 10.0 Å². The first-order valence-corrected chi connectivity index (χ1v) is 11.6. The van der Waals surface area contributed by atoms with Crippen molar-refractivity contribution in [2.75, 3.05) is 19.3 Å². The molecule has 2 aromatic carbocycles. The summed E-state index contributed by atoms with van der Waals surface area (Å²) < 4.78 is 25.2. The molecule has 1 atom stereocenters. The molecule has 1 aliphatic rings. The number of nitriles is 1. The summed E-state index contributed by atoms with van der Waals surface area (Å²) in [7, 11) is -3.13. The highest BCUT2D eigenvalue weighted by molar-refractivity contribution is 7.88. The van der Waals surface area contributed by atoms with Crippen LogP contribution < -0.4 is 4.72 Å². The summed E-state index contributed by atoms with van der Waals surface area (Å²) in [5.74, 6) is 0. The van der Waals surface area contributed by atoms with E-state index in [-0.39, 0.29) is 0 Å². The van der Waals surface area contributed by atoms with Gasteiger partial charge in [-0.15, -0.1) is 0 Å². The Morgan fingerprint density at radius 2 is 1.89 bits per heavy atom. The van der Waals surface area contributed by atoms with Crippen molar-refractivity contribution < 1.29 is 8.42 Å². The van der Waals surface area contributed by atoms with Crippen LogP contribution in [0, 0.1) is 11.3 Å². The maximum Gasteiger partial charge on any atom is 0.208 e. The van der Waals surface area contributed by atoms with Crippen LogP contribution in [0.4, 0.5) is 0 Å². The maximum atomic E-state index is 11.3. The summed E-state index contributed by atoms with van der Waals surface area (Å²) in [6.07, 6.45) is 5.53.